The minimum atomic E-state index is -3.28. The minimum absolute atomic E-state index is 0.252. The van der Waals surface area contributed by atoms with E-state index in [-0.39, 0.29) is 4.90 Å². The van der Waals surface area contributed by atoms with Crippen LogP contribution >= 0.6 is 0 Å². The Morgan fingerprint density at radius 2 is 1.80 bits per heavy atom. The van der Waals surface area contributed by atoms with Crippen LogP contribution in [0.4, 0.5) is 4.79 Å². The van der Waals surface area contributed by atoms with E-state index in [0.717, 1.165) is 0 Å². The number of nitrogens with zero attached hydrogens (tertiary/aromatic N) is 1. The zero-order chi connectivity index (χ0) is 15.7. The Hall–Kier alpha value is -2.69. The lowest BCUT2D eigenvalue weighted by atomic mass is 9.89. The minimum Gasteiger partial charge on any atom is -0.481 e. The number of carboxylic acid groups (broad SMARTS) is 3. The number of carboxylic acids is 3. The average Bonchev–Trinajstić information content (AvgIpc) is 2.55. The summed E-state index contributed by atoms with van der Waals surface area (Å²) < 4.78 is 0. The number of carbonyl (C=O) groups excluding carboxylic acids is 2. The first-order valence-corrected chi connectivity index (χ1v) is 5.10. The van der Waals surface area contributed by atoms with Crippen molar-refractivity contribution in [1.29, 1.82) is 0 Å². The molecule has 3 amide bonds. The molecule has 0 aromatic heterocycles. The SMILES string of the molecule is O=C(O)CC(O)(C(=O)O)C(C(=O)O)N1CC(=O)NC1=O. The molecule has 0 aliphatic carbocycles. The molecule has 1 heterocycles. The molecule has 0 aromatic carbocycles. The van der Waals surface area contributed by atoms with Gasteiger partial charge in [0.2, 0.25) is 11.5 Å². The number of nitrogens with one attached hydrogen (secondary N) is 1. The number of aliphatic hydroxyl groups is 1. The van der Waals surface area contributed by atoms with Crippen molar-refractivity contribution in [3.63, 3.8) is 0 Å². The normalized spacial score (nSPS) is 19.1. The summed E-state index contributed by atoms with van der Waals surface area (Å²) in [4.78, 5) is 55.4. The number of rotatable bonds is 6. The third-order valence-electron chi connectivity index (χ3n) is 2.61. The smallest absolute Gasteiger partial charge is 0.339 e. The second kappa shape index (κ2) is 5.13. The van der Waals surface area contributed by atoms with Crippen LogP contribution in [0, 0.1) is 0 Å². The van der Waals surface area contributed by atoms with Gasteiger partial charge in [-0.25, -0.2) is 14.4 Å². The van der Waals surface area contributed by atoms with E-state index in [1.807, 2.05) is 0 Å². The maximum atomic E-state index is 11.4. The van der Waals surface area contributed by atoms with Crippen molar-refractivity contribution in [1.82, 2.24) is 10.2 Å². The van der Waals surface area contributed by atoms with Crippen molar-refractivity contribution >= 4 is 29.8 Å². The van der Waals surface area contributed by atoms with Crippen LogP contribution in [0.2, 0.25) is 0 Å². The summed E-state index contributed by atoms with van der Waals surface area (Å²) in [5, 5.41) is 38.0. The van der Waals surface area contributed by atoms with E-state index < -0.39 is 54.5 Å². The van der Waals surface area contributed by atoms with Gasteiger partial charge in [-0.3, -0.25) is 19.8 Å². The number of carbonyl (C=O) groups is 5. The summed E-state index contributed by atoms with van der Waals surface area (Å²) in [6.45, 7) is -0.801. The molecule has 0 bridgehead atoms. The standard InChI is InChI=1S/C9H10N2O9/c12-3-2-11(8(19)10-3)5(6(15)16)9(20,7(17)18)1-4(13)14/h5,20H,1-2H2,(H,13,14)(H,15,16)(H,17,18)(H,10,12,19). The quantitative estimate of drug-likeness (QED) is 0.324. The lowest BCUT2D eigenvalue weighted by molar-refractivity contribution is -0.179. The average molecular weight is 290 g/mol. The number of urea groups is 1. The van der Waals surface area contributed by atoms with Gasteiger partial charge in [0.25, 0.3) is 0 Å². The van der Waals surface area contributed by atoms with Gasteiger partial charge in [0, 0.05) is 0 Å². The van der Waals surface area contributed by atoms with Gasteiger partial charge in [0.05, 0.1) is 6.42 Å². The topological polar surface area (TPSA) is 182 Å². The van der Waals surface area contributed by atoms with E-state index in [1.54, 1.807) is 5.32 Å². The van der Waals surface area contributed by atoms with Crippen molar-refractivity contribution in [2.75, 3.05) is 6.54 Å². The Morgan fingerprint density at radius 3 is 2.10 bits per heavy atom. The third kappa shape index (κ3) is 2.66. The highest BCUT2D eigenvalue weighted by atomic mass is 16.4. The van der Waals surface area contributed by atoms with Gasteiger partial charge >= 0.3 is 23.9 Å². The maximum absolute atomic E-state index is 11.4. The van der Waals surface area contributed by atoms with E-state index in [2.05, 4.69) is 0 Å². The zero-order valence-corrected chi connectivity index (χ0v) is 9.77. The Morgan fingerprint density at radius 1 is 1.25 bits per heavy atom. The molecule has 0 saturated carbocycles. The molecule has 0 spiro atoms. The Labute approximate surface area is 110 Å². The Balaban J connectivity index is 3.26. The molecule has 1 rings (SSSR count). The van der Waals surface area contributed by atoms with Crippen LogP contribution in [0.5, 0.6) is 0 Å². The summed E-state index contributed by atoms with van der Waals surface area (Å²) in [5.74, 6) is -6.78. The van der Waals surface area contributed by atoms with E-state index in [4.69, 9.17) is 15.3 Å². The summed E-state index contributed by atoms with van der Waals surface area (Å²) >= 11 is 0. The fraction of sp³-hybridized carbons (Fsp3) is 0.444. The fourth-order valence-corrected chi connectivity index (χ4v) is 1.78. The lowest BCUT2D eigenvalue weighted by Gasteiger charge is -2.33. The molecule has 1 aliphatic heterocycles. The van der Waals surface area contributed by atoms with Gasteiger partial charge in [-0.05, 0) is 0 Å². The third-order valence-corrected chi connectivity index (χ3v) is 2.61. The van der Waals surface area contributed by atoms with Crippen molar-refractivity contribution < 1.29 is 44.4 Å². The number of hydrogen-bond acceptors (Lipinski definition) is 6. The molecular formula is C9H10N2O9. The molecule has 0 aromatic rings. The van der Waals surface area contributed by atoms with Crippen LogP contribution < -0.4 is 5.32 Å². The highest BCUT2D eigenvalue weighted by Crippen LogP contribution is 2.23. The molecule has 20 heavy (non-hydrogen) atoms. The van der Waals surface area contributed by atoms with Crippen molar-refractivity contribution in [3.05, 3.63) is 0 Å². The van der Waals surface area contributed by atoms with Crippen LogP contribution in [-0.4, -0.2) is 73.4 Å². The monoisotopic (exact) mass is 290 g/mol. The van der Waals surface area contributed by atoms with E-state index in [1.165, 1.54) is 0 Å². The number of aliphatic carboxylic acids is 3. The van der Waals surface area contributed by atoms with Crippen molar-refractivity contribution in [3.8, 4) is 0 Å². The van der Waals surface area contributed by atoms with Gasteiger partial charge < -0.3 is 20.4 Å². The largest absolute Gasteiger partial charge is 0.481 e. The fourth-order valence-electron chi connectivity index (χ4n) is 1.78. The first-order valence-electron chi connectivity index (χ1n) is 5.10. The molecule has 1 saturated heterocycles. The summed E-state index contributed by atoms with van der Waals surface area (Å²) in [5.41, 5.74) is -3.28. The van der Waals surface area contributed by atoms with Gasteiger partial charge in [0.15, 0.2) is 6.04 Å². The van der Waals surface area contributed by atoms with E-state index in [9.17, 15) is 29.1 Å². The van der Waals surface area contributed by atoms with Crippen LogP contribution in [0.15, 0.2) is 0 Å². The lowest BCUT2D eigenvalue weighted by Crippen LogP contribution is -2.62. The highest BCUT2D eigenvalue weighted by molar-refractivity contribution is 6.05. The molecular weight excluding hydrogens is 280 g/mol. The van der Waals surface area contributed by atoms with Crippen LogP contribution in [0.25, 0.3) is 0 Å². The second-order valence-corrected chi connectivity index (χ2v) is 4.02. The molecule has 1 aliphatic rings. The van der Waals surface area contributed by atoms with Gasteiger partial charge in [-0.2, -0.15) is 0 Å². The van der Waals surface area contributed by atoms with Crippen LogP contribution in [-0.2, 0) is 19.2 Å². The number of imide groups is 1. The second-order valence-electron chi connectivity index (χ2n) is 4.02. The van der Waals surface area contributed by atoms with Gasteiger partial charge in [-0.15, -0.1) is 0 Å². The molecule has 11 nitrogen and oxygen atoms in total. The summed E-state index contributed by atoms with van der Waals surface area (Å²) in [7, 11) is 0. The molecule has 2 atom stereocenters. The van der Waals surface area contributed by atoms with E-state index >= 15 is 0 Å². The number of amides is 3. The zero-order valence-electron chi connectivity index (χ0n) is 9.77. The van der Waals surface area contributed by atoms with Crippen LogP contribution in [0.3, 0.4) is 0 Å². The summed E-state index contributed by atoms with van der Waals surface area (Å²) in [6.07, 6.45) is -1.46. The maximum Gasteiger partial charge on any atom is 0.339 e. The molecule has 5 N–H and O–H groups in total. The summed E-state index contributed by atoms with van der Waals surface area (Å²) in [6, 6.07) is -3.66. The van der Waals surface area contributed by atoms with Crippen LogP contribution in [0.1, 0.15) is 6.42 Å². The highest BCUT2D eigenvalue weighted by Gasteiger charge is 2.55. The van der Waals surface area contributed by atoms with Crippen molar-refractivity contribution in [2.24, 2.45) is 0 Å². The van der Waals surface area contributed by atoms with Crippen molar-refractivity contribution in [2.45, 2.75) is 18.1 Å². The van der Waals surface area contributed by atoms with Gasteiger partial charge in [-0.1, -0.05) is 0 Å². The Kier molecular flexibility index (Phi) is 3.94. The van der Waals surface area contributed by atoms with E-state index in [0.29, 0.717) is 0 Å². The molecule has 2 unspecified atom stereocenters. The molecule has 110 valence electrons. The predicted molar refractivity (Wildman–Crippen MR) is 56.5 cm³/mol. The molecule has 11 heteroatoms. The first kappa shape index (κ1) is 15.4. The number of hydrogen-bond donors (Lipinski definition) is 5. The predicted octanol–water partition coefficient (Wildman–Crippen LogP) is -2.72. The molecule has 1 fully saturated rings. The van der Waals surface area contributed by atoms with Gasteiger partial charge in [0.1, 0.15) is 6.54 Å². The Bertz CT molecular complexity index is 502. The molecule has 0 radical (unpaired) electrons. The first-order chi connectivity index (χ1) is 9.09.